The maximum absolute atomic E-state index is 15.5. The number of aromatic amines is 1. The van der Waals surface area contributed by atoms with Gasteiger partial charge in [0.25, 0.3) is 6.01 Å². The smallest absolute Gasteiger partial charge is 0.407 e. The Hall–Kier alpha value is -4.99. The summed E-state index contributed by atoms with van der Waals surface area (Å²) in [6, 6.07) is 20.4. The summed E-state index contributed by atoms with van der Waals surface area (Å²) in [5.41, 5.74) is 10.8. The number of aryl methyl sites for hydroxylation is 2. The summed E-state index contributed by atoms with van der Waals surface area (Å²) in [6.07, 6.45) is -2.06. The number of aromatic nitrogens is 2. The van der Waals surface area contributed by atoms with Gasteiger partial charge in [0.2, 0.25) is 0 Å². The first kappa shape index (κ1) is 28.5. The number of ether oxygens (including phenoxy) is 1. The fourth-order valence-electron chi connectivity index (χ4n) is 4.33. The minimum Gasteiger partial charge on any atom is -0.426 e. The van der Waals surface area contributed by atoms with Crippen LogP contribution in [0, 0.1) is 25.5 Å². The van der Waals surface area contributed by atoms with E-state index in [1.165, 1.54) is 12.1 Å². The number of imidazole rings is 1. The average Bonchev–Trinajstić information content (AvgIpc) is 3.35. The van der Waals surface area contributed by atoms with E-state index >= 15 is 8.78 Å². The molecule has 0 amide bonds. The van der Waals surface area contributed by atoms with Crippen molar-refractivity contribution in [2.24, 2.45) is 10.7 Å². The minimum absolute atomic E-state index is 0.0426. The molecule has 0 aliphatic heterocycles. The van der Waals surface area contributed by atoms with Gasteiger partial charge in [0.15, 0.2) is 5.82 Å². The van der Waals surface area contributed by atoms with E-state index < -0.39 is 24.4 Å². The molecule has 214 valence electrons. The maximum atomic E-state index is 15.5. The first-order valence-corrected chi connectivity index (χ1v) is 12.8. The SMILES string of the molecule is Cc1ccc(Oc2nc3c(F)c(-c4ccc(-c5ccc(/C(N)=C/C=NCC(F)(F)F)cc5)cc4)c(F)cc3[nH]2)cc1C. The number of hydrogen-bond donors (Lipinski definition) is 2. The van der Waals surface area contributed by atoms with E-state index in [9.17, 15) is 13.2 Å². The van der Waals surface area contributed by atoms with Crippen molar-refractivity contribution in [1.82, 2.24) is 9.97 Å². The standard InChI is InChI=1S/C32H25F5N4O/c1-18-3-12-24(15-19(18)2)42-31-40-27-16-25(33)28(29(34)30(27)41-31)23-10-6-21(7-11-23)20-4-8-22(9-5-20)26(38)13-14-39-17-32(35,36)37/h3-16H,17,38H2,1-2H3,(H,40,41)/b26-13-,39-14?. The molecule has 5 rings (SSSR count). The van der Waals surface area contributed by atoms with Crippen LogP contribution < -0.4 is 10.5 Å². The van der Waals surface area contributed by atoms with Crippen molar-refractivity contribution in [2.75, 3.05) is 6.54 Å². The minimum atomic E-state index is -4.38. The lowest BCUT2D eigenvalue weighted by molar-refractivity contribution is -0.118. The van der Waals surface area contributed by atoms with E-state index in [2.05, 4.69) is 15.0 Å². The largest absolute Gasteiger partial charge is 0.426 e. The third kappa shape index (κ3) is 6.33. The summed E-state index contributed by atoms with van der Waals surface area (Å²) in [7, 11) is 0. The molecule has 5 nitrogen and oxygen atoms in total. The normalized spacial score (nSPS) is 12.4. The first-order chi connectivity index (χ1) is 20.0. The number of nitrogens with one attached hydrogen (secondary N) is 1. The molecule has 0 bridgehead atoms. The zero-order chi connectivity index (χ0) is 30.0. The highest BCUT2D eigenvalue weighted by Crippen LogP contribution is 2.34. The van der Waals surface area contributed by atoms with Gasteiger partial charge in [-0.2, -0.15) is 18.2 Å². The number of rotatable bonds is 7. The summed E-state index contributed by atoms with van der Waals surface area (Å²) in [5, 5.41) is 0. The van der Waals surface area contributed by atoms with Crippen LogP contribution in [-0.2, 0) is 0 Å². The summed E-state index contributed by atoms with van der Waals surface area (Å²) < 4.78 is 73.0. The number of hydrogen-bond acceptors (Lipinski definition) is 4. The van der Waals surface area contributed by atoms with Crippen molar-refractivity contribution in [2.45, 2.75) is 20.0 Å². The summed E-state index contributed by atoms with van der Waals surface area (Å²) in [4.78, 5) is 10.3. The van der Waals surface area contributed by atoms with E-state index in [-0.39, 0.29) is 28.3 Å². The monoisotopic (exact) mass is 576 g/mol. The van der Waals surface area contributed by atoms with Gasteiger partial charge in [0, 0.05) is 18.0 Å². The molecule has 0 saturated carbocycles. The Morgan fingerprint density at radius 2 is 1.55 bits per heavy atom. The lowest BCUT2D eigenvalue weighted by Crippen LogP contribution is -2.11. The van der Waals surface area contributed by atoms with Gasteiger partial charge < -0.3 is 15.5 Å². The summed E-state index contributed by atoms with van der Waals surface area (Å²) in [5.74, 6) is -1.04. The molecule has 42 heavy (non-hydrogen) atoms. The fourth-order valence-corrected chi connectivity index (χ4v) is 4.33. The highest BCUT2D eigenvalue weighted by molar-refractivity contribution is 5.85. The van der Waals surface area contributed by atoms with Gasteiger partial charge >= 0.3 is 6.18 Å². The third-order valence-corrected chi connectivity index (χ3v) is 6.70. The van der Waals surface area contributed by atoms with E-state index in [4.69, 9.17) is 10.5 Å². The van der Waals surface area contributed by atoms with E-state index in [0.29, 0.717) is 16.9 Å². The topological polar surface area (TPSA) is 76.3 Å². The van der Waals surface area contributed by atoms with Gasteiger partial charge in [-0.25, -0.2) is 8.78 Å². The van der Waals surface area contributed by atoms with Crippen LogP contribution in [0.25, 0.3) is 39.0 Å². The summed E-state index contributed by atoms with van der Waals surface area (Å²) >= 11 is 0. The van der Waals surface area contributed by atoms with Crippen molar-refractivity contribution in [3.63, 3.8) is 0 Å². The highest BCUT2D eigenvalue weighted by Gasteiger charge is 2.25. The molecule has 10 heteroatoms. The number of alkyl halides is 3. The molecule has 0 radical (unpaired) electrons. The molecule has 0 spiro atoms. The predicted molar refractivity (Wildman–Crippen MR) is 154 cm³/mol. The van der Waals surface area contributed by atoms with Gasteiger partial charge in [-0.1, -0.05) is 54.6 Å². The van der Waals surface area contributed by atoms with Crippen LogP contribution in [0.15, 0.2) is 83.9 Å². The molecule has 4 aromatic carbocycles. The molecule has 0 unspecified atom stereocenters. The van der Waals surface area contributed by atoms with Crippen molar-refractivity contribution < 1.29 is 26.7 Å². The van der Waals surface area contributed by atoms with Crippen LogP contribution in [0.2, 0.25) is 0 Å². The van der Waals surface area contributed by atoms with Gasteiger partial charge in [-0.3, -0.25) is 4.99 Å². The van der Waals surface area contributed by atoms with Crippen LogP contribution in [0.4, 0.5) is 22.0 Å². The molecular formula is C32H25F5N4O. The zero-order valence-electron chi connectivity index (χ0n) is 22.6. The molecule has 5 aromatic rings. The Bertz CT molecular complexity index is 1800. The number of allylic oxidation sites excluding steroid dienone is 1. The molecule has 3 N–H and O–H groups in total. The molecule has 0 fully saturated rings. The Morgan fingerprint density at radius 3 is 2.19 bits per heavy atom. The predicted octanol–water partition coefficient (Wildman–Crippen LogP) is 8.52. The van der Waals surface area contributed by atoms with Crippen LogP contribution >= 0.6 is 0 Å². The summed E-state index contributed by atoms with van der Waals surface area (Å²) in [6.45, 7) is 2.64. The van der Waals surface area contributed by atoms with Crippen molar-refractivity contribution in [3.8, 4) is 34.0 Å². The van der Waals surface area contributed by atoms with Gasteiger partial charge in [0.1, 0.15) is 23.6 Å². The van der Waals surface area contributed by atoms with Crippen LogP contribution in [-0.4, -0.2) is 28.9 Å². The molecule has 0 atom stereocenters. The van der Waals surface area contributed by atoms with Crippen molar-refractivity contribution in [3.05, 3.63) is 107 Å². The number of H-pyrrole nitrogens is 1. The number of fused-ring (bicyclic) bond motifs is 1. The zero-order valence-corrected chi connectivity index (χ0v) is 22.6. The quantitative estimate of drug-likeness (QED) is 0.151. The highest BCUT2D eigenvalue weighted by atomic mass is 19.4. The van der Waals surface area contributed by atoms with Crippen LogP contribution in [0.1, 0.15) is 16.7 Å². The van der Waals surface area contributed by atoms with Crippen LogP contribution in [0.3, 0.4) is 0 Å². The van der Waals surface area contributed by atoms with Crippen molar-refractivity contribution >= 4 is 22.9 Å². The lowest BCUT2D eigenvalue weighted by atomic mass is 9.98. The molecule has 1 aromatic heterocycles. The molecule has 0 aliphatic carbocycles. The fraction of sp³-hybridized carbons (Fsp3) is 0.125. The maximum Gasteiger partial charge on any atom is 0.407 e. The molecule has 0 aliphatic rings. The van der Waals surface area contributed by atoms with E-state index in [0.717, 1.165) is 28.5 Å². The van der Waals surface area contributed by atoms with E-state index in [1.807, 2.05) is 26.0 Å². The molecule has 0 saturated heterocycles. The second-order valence-corrected chi connectivity index (χ2v) is 9.72. The third-order valence-electron chi connectivity index (χ3n) is 6.70. The van der Waals surface area contributed by atoms with Gasteiger partial charge in [-0.05, 0) is 65.4 Å². The number of benzene rings is 4. The molecular weight excluding hydrogens is 551 g/mol. The Kier molecular flexibility index (Phi) is 7.80. The Morgan fingerprint density at radius 1 is 0.905 bits per heavy atom. The lowest BCUT2D eigenvalue weighted by Gasteiger charge is -2.08. The Labute approximate surface area is 238 Å². The van der Waals surface area contributed by atoms with E-state index in [1.54, 1.807) is 54.6 Å². The second-order valence-electron chi connectivity index (χ2n) is 9.72. The van der Waals surface area contributed by atoms with Gasteiger partial charge in [0.05, 0.1) is 11.1 Å². The average molecular weight is 577 g/mol. The number of aliphatic imine (C=N–C) groups is 1. The molecule has 1 heterocycles. The Balaban J connectivity index is 1.35. The van der Waals surface area contributed by atoms with Crippen molar-refractivity contribution in [1.29, 1.82) is 0 Å². The number of nitrogens with zero attached hydrogens (tertiary/aromatic N) is 2. The number of halogens is 5. The number of nitrogens with two attached hydrogens (primary N) is 1. The van der Waals surface area contributed by atoms with Gasteiger partial charge in [-0.15, -0.1) is 0 Å². The van der Waals surface area contributed by atoms with Crippen LogP contribution in [0.5, 0.6) is 11.8 Å². The second kappa shape index (κ2) is 11.5. The first-order valence-electron chi connectivity index (χ1n) is 12.8.